The Labute approximate surface area is 201 Å². The van der Waals surface area contributed by atoms with E-state index in [0.29, 0.717) is 22.7 Å². The number of ketones is 1. The molecule has 1 atom stereocenters. The zero-order chi connectivity index (χ0) is 24.7. The normalized spacial score (nSPS) is 15.6. The molecule has 4 aromatic rings. The van der Waals surface area contributed by atoms with E-state index in [1.807, 2.05) is 12.1 Å². The van der Waals surface area contributed by atoms with Crippen molar-refractivity contribution in [3.8, 4) is 22.6 Å². The van der Waals surface area contributed by atoms with Crippen LogP contribution in [0.4, 0.5) is 4.39 Å². The van der Waals surface area contributed by atoms with E-state index in [2.05, 4.69) is 10.3 Å². The fraction of sp³-hybridized carbons (Fsp3) is 0.120. The van der Waals surface area contributed by atoms with Crippen molar-refractivity contribution in [2.45, 2.75) is 17.5 Å². The molecule has 0 bridgehead atoms. The maximum absolute atomic E-state index is 15.3. The molecule has 0 aliphatic carbocycles. The van der Waals surface area contributed by atoms with Crippen molar-refractivity contribution in [2.75, 3.05) is 7.11 Å². The monoisotopic (exact) mass is 492 g/mol. The highest BCUT2D eigenvalue weighted by Gasteiger charge is 2.34. The van der Waals surface area contributed by atoms with E-state index in [1.165, 1.54) is 18.2 Å². The van der Waals surface area contributed by atoms with E-state index < -0.39 is 21.9 Å². The van der Waals surface area contributed by atoms with Crippen molar-refractivity contribution in [1.29, 1.82) is 0 Å². The van der Waals surface area contributed by atoms with Crippen LogP contribution in [0.25, 0.3) is 16.8 Å². The number of carbonyl (C=O) groups is 1. The van der Waals surface area contributed by atoms with E-state index in [-0.39, 0.29) is 28.4 Å². The molecule has 10 heteroatoms. The summed E-state index contributed by atoms with van der Waals surface area (Å²) in [5.74, 6) is -0.285. The molecule has 5 rings (SSSR count). The summed E-state index contributed by atoms with van der Waals surface area (Å²) >= 11 is 0. The van der Waals surface area contributed by atoms with Crippen molar-refractivity contribution in [3.05, 3.63) is 95.8 Å². The van der Waals surface area contributed by atoms with Crippen LogP contribution in [0.2, 0.25) is 0 Å². The number of benzene rings is 3. The molecule has 178 valence electrons. The number of sulfonamides is 1. The highest BCUT2D eigenvalue weighted by molar-refractivity contribution is 7.89. The van der Waals surface area contributed by atoms with Gasteiger partial charge in [-0.15, -0.1) is 0 Å². The lowest BCUT2D eigenvalue weighted by Gasteiger charge is -2.24. The number of Topliss-reactive ketones (excluding diaryl/α,β-unsaturated/α-hetero) is 1. The average molecular weight is 493 g/mol. The predicted octanol–water partition coefficient (Wildman–Crippen LogP) is 3.36. The first kappa shape index (κ1) is 22.9. The van der Waals surface area contributed by atoms with Gasteiger partial charge in [-0.05, 0) is 42.0 Å². The minimum absolute atomic E-state index is 0.105. The first-order chi connectivity index (χ1) is 16.8. The standard InChI is InChI=1S/C25H21FN4O4S/c1-34-17-9-7-16(8-10-17)30-14-29-21-13-28-23(25(31)24(21)30)19-11-6-15(12-20(19)26)18-4-2-3-5-22(18)35(27,32)33/h2-12,14,23,28H,13H2,1H3,(H2,27,32,33). The molecule has 1 aliphatic rings. The number of fused-ring (bicyclic) bond motifs is 1. The van der Waals surface area contributed by atoms with Gasteiger partial charge < -0.3 is 4.74 Å². The maximum Gasteiger partial charge on any atom is 0.238 e. The molecule has 8 nitrogen and oxygen atoms in total. The number of primary sulfonamides is 1. The van der Waals surface area contributed by atoms with E-state index in [4.69, 9.17) is 9.88 Å². The number of carbonyl (C=O) groups excluding carboxylic acids is 1. The Hall–Kier alpha value is -3.86. The Kier molecular flexibility index (Phi) is 5.72. The van der Waals surface area contributed by atoms with Crippen molar-refractivity contribution < 1.29 is 22.3 Å². The van der Waals surface area contributed by atoms with Crippen molar-refractivity contribution >= 4 is 15.8 Å². The van der Waals surface area contributed by atoms with Gasteiger partial charge in [0, 0.05) is 23.4 Å². The van der Waals surface area contributed by atoms with Crippen LogP contribution >= 0.6 is 0 Å². The van der Waals surface area contributed by atoms with Gasteiger partial charge in [-0.2, -0.15) is 0 Å². The molecule has 2 heterocycles. The Bertz CT molecular complexity index is 1550. The maximum atomic E-state index is 15.3. The lowest BCUT2D eigenvalue weighted by Crippen LogP contribution is -2.36. The van der Waals surface area contributed by atoms with Gasteiger partial charge in [-0.1, -0.05) is 30.3 Å². The average Bonchev–Trinajstić information content (AvgIpc) is 3.29. The predicted molar refractivity (Wildman–Crippen MR) is 127 cm³/mol. The fourth-order valence-electron chi connectivity index (χ4n) is 4.28. The van der Waals surface area contributed by atoms with Crippen LogP contribution in [0.15, 0.2) is 78.0 Å². The molecule has 0 fully saturated rings. The minimum atomic E-state index is -4.00. The number of nitrogens with one attached hydrogen (secondary N) is 1. The number of ether oxygens (including phenoxy) is 1. The van der Waals surface area contributed by atoms with Crippen molar-refractivity contribution in [3.63, 3.8) is 0 Å². The van der Waals surface area contributed by atoms with Crippen molar-refractivity contribution in [1.82, 2.24) is 14.9 Å². The molecule has 0 saturated carbocycles. The van der Waals surface area contributed by atoms with Crippen LogP contribution in [0.5, 0.6) is 5.75 Å². The number of hydrogen-bond donors (Lipinski definition) is 2. The minimum Gasteiger partial charge on any atom is -0.497 e. The van der Waals surface area contributed by atoms with E-state index >= 15 is 4.39 Å². The molecule has 3 aromatic carbocycles. The molecule has 1 unspecified atom stereocenters. The Morgan fingerprint density at radius 2 is 1.86 bits per heavy atom. The number of nitrogens with two attached hydrogens (primary N) is 1. The zero-order valence-electron chi connectivity index (χ0n) is 18.6. The third-order valence-electron chi connectivity index (χ3n) is 5.98. The second kappa shape index (κ2) is 8.73. The molecular formula is C25H21FN4O4S. The first-order valence-electron chi connectivity index (χ1n) is 10.7. The van der Waals surface area contributed by atoms with Gasteiger partial charge >= 0.3 is 0 Å². The summed E-state index contributed by atoms with van der Waals surface area (Å²) in [7, 11) is -2.43. The number of hydrogen-bond acceptors (Lipinski definition) is 6. The quantitative estimate of drug-likeness (QED) is 0.441. The fourth-order valence-corrected chi connectivity index (χ4v) is 5.04. The third kappa shape index (κ3) is 4.12. The van der Waals surface area contributed by atoms with Gasteiger partial charge in [-0.25, -0.2) is 22.9 Å². The lowest BCUT2D eigenvalue weighted by molar-refractivity contribution is 0.0920. The Balaban J connectivity index is 1.51. The van der Waals surface area contributed by atoms with Crippen LogP contribution in [-0.4, -0.2) is 30.9 Å². The summed E-state index contributed by atoms with van der Waals surface area (Å²) in [5, 5.41) is 8.38. The Morgan fingerprint density at radius 3 is 2.54 bits per heavy atom. The molecule has 35 heavy (non-hydrogen) atoms. The summed E-state index contributed by atoms with van der Waals surface area (Å²) in [6, 6.07) is 16.6. The number of rotatable bonds is 5. The second-order valence-corrected chi connectivity index (χ2v) is 9.59. The number of imidazole rings is 1. The lowest BCUT2D eigenvalue weighted by atomic mass is 9.93. The largest absolute Gasteiger partial charge is 0.497 e. The SMILES string of the molecule is COc1ccc(-n2cnc3c2C(=O)C(c2ccc(-c4ccccc4S(N)(=O)=O)cc2F)NC3)cc1. The van der Waals surface area contributed by atoms with Gasteiger partial charge in [0.2, 0.25) is 15.8 Å². The van der Waals surface area contributed by atoms with Gasteiger partial charge in [0.1, 0.15) is 29.6 Å². The zero-order valence-corrected chi connectivity index (χ0v) is 19.4. The second-order valence-electron chi connectivity index (χ2n) is 8.06. The van der Waals surface area contributed by atoms with E-state index in [1.54, 1.807) is 54.4 Å². The highest BCUT2D eigenvalue weighted by atomic mass is 32.2. The summed E-state index contributed by atoms with van der Waals surface area (Å²) in [4.78, 5) is 17.7. The summed E-state index contributed by atoms with van der Waals surface area (Å²) in [5.41, 5.74) is 2.44. The van der Waals surface area contributed by atoms with Crippen LogP contribution in [0, 0.1) is 5.82 Å². The molecule has 0 saturated heterocycles. The molecule has 0 radical (unpaired) electrons. The van der Waals surface area contributed by atoms with Crippen LogP contribution in [0.3, 0.4) is 0 Å². The highest BCUT2D eigenvalue weighted by Crippen LogP contribution is 2.33. The summed E-state index contributed by atoms with van der Waals surface area (Å²) < 4.78 is 46.1. The number of methoxy groups -OCH3 is 1. The van der Waals surface area contributed by atoms with E-state index in [0.717, 1.165) is 5.69 Å². The first-order valence-corrected chi connectivity index (χ1v) is 12.2. The molecule has 3 N–H and O–H groups in total. The van der Waals surface area contributed by atoms with Gasteiger partial charge in [0.25, 0.3) is 0 Å². The van der Waals surface area contributed by atoms with Crippen molar-refractivity contribution in [2.24, 2.45) is 5.14 Å². The molecule has 1 aromatic heterocycles. The van der Waals surface area contributed by atoms with Gasteiger partial charge in [-0.3, -0.25) is 14.7 Å². The van der Waals surface area contributed by atoms with Crippen LogP contribution in [0.1, 0.15) is 27.8 Å². The number of nitrogens with zero attached hydrogens (tertiary/aromatic N) is 2. The smallest absolute Gasteiger partial charge is 0.238 e. The van der Waals surface area contributed by atoms with Crippen LogP contribution < -0.4 is 15.2 Å². The number of aromatic nitrogens is 2. The summed E-state index contributed by atoms with van der Waals surface area (Å²) in [6.07, 6.45) is 1.57. The third-order valence-corrected chi connectivity index (χ3v) is 6.95. The van der Waals surface area contributed by atoms with Gasteiger partial charge in [0.15, 0.2) is 0 Å². The number of halogens is 1. The molecule has 0 spiro atoms. The topological polar surface area (TPSA) is 116 Å². The molecule has 1 aliphatic heterocycles. The summed E-state index contributed by atoms with van der Waals surface area (Å²) in [6.45, 7) is 0.282. The van der Waals surface area contributed by atoms with E-state index in [9.17, 15) is 13.2 Å². The van der Waals surface area contributed by atoms with Gasteiger partial charge in [0.05, 0.1) is 17.7 Å². The molecular weight excluding hydrogens is 471 g/mol. The molecule has 0 amide bonds. The van der Waals surface area contributed by atoms with Crippen LogP contribution in [-0.2, 0) is 16.6 Å². The Morgan fingerprint density at radius 1 is 1.11 bits per heavy atom.